The Labute approximate surface area is 180 Å². The lowest BCUT2D eigenvalue weighted by atomic mass is 10.0. The van der Waals surface area contributed by atoms with Crippen LogP contribution in [0.4, 0.5) is 0 Å². The van der Waals surface area contributed by atoms with Gasteiger partial charge in [-0.2, -0.15) is 5.10 Å². The van der Waals surface area contributed by atoms with E-state index in [1.54, 1.807) is 13.0 Å². The van der Waals surface area contributed by atoms with E-state index in [1.807, 2.05) is 25.1 Å². The fourth-order valence-corrected chi connectivity index (χ4v) is 4.01. The fraction of sp³-hybridized carbons (Fsp3) is 0.182. The first-order chi connectivity index (χ1) is 13.4. The van der Waals surface area contributed by atoms with E-state index in [0.717, 1.165) is 15.6 Å². The van der Waals surface area contributed by atoms with Gasteiger partial charge in [-0.15, -0.1) is 0 Å². The van der Waals surface area contributed by atoms with Gasteiger partial charge < -0.3 is 5.11 Å². The number of halogens is 2. The third-order valence-corrected chi connectivity index (χ3v) is 6.41. The van der Waals surface area contributed by atoms with Crippen LogP contribution in [0.2, 0.25) is 0 Å². The molecule has 0 saturated carbocycles. The number of hydrazone groups is 1. The van der Waals surface area contributed by atoms with E-state index in [0.29, 0.717) is 28.6 Å². The summed E-state index contributed by atoms with van der Waals surface area (Å²) < 4.78 is 1.46. The van der Waals surface area contributed by atoms with Crippen LogP contribution in [0.15, 0.2) is 62.6 Å². The molecule has 3 rings (SSSR count). The van der Waals surface area contributed by atoms with Crippen LogP contribution in [-0.4, -0.2) is 16.7 Å². The molecular formula is C22H20Br2N2O2. The van der Waals surface area contributed by atoms with Crippen LogP contribution >= 0.6 is 31.9 Å². The van der Waals surface area contributed by atoms with E-state index in [-0.39, 0.29) is 11.7 Å². The number of aromatic hydroxyl groups is 1. The first kappa shape index (κ1) is 20.6. The van der Waals surface area contributed by atoms with Crippen LogP contribution in [0.5, 0.6) is 5.75 Å². The van der Waals surface area contributed by atoms with E-state index < -0.39 is 0 Å². The van der Waals surface area contributed by atoms with Crippen molar-refractivity contribution in [2.24, 2.45) is 5.10 Å². The molecular weight excluding hydrogens is 484 g/mol. The van der Waals surface area contributed by atoms with Crippen molar-refractivity contribution >= 4 is 54.3 Å². The summed E-state index contributed by atoms with van der Waals surface area (Å²) in [6, 6.07) is 16.2. The highest BCUT2D eigenvalue weighted by atomic mass is 79.9. The van der Waals surface area contributed by atoms with Crippen molar-refractivity contribution in [2.45, 2.75) is 26.7 Å². The standard InChI is InChI=1S/C22H20Br2N2O2/c1-13-19(23)12-18(22(28)21(13)24)14(2)25-26-20(27)10-8-15-7-9-16-5-3-4-6-17(16)11-15/h3-7,9,11-12,28H,8,10H2,1-2H3,(H,26,27)/b25-14+. The average Bonchev–Trinajstić information content (AvgIpc) is 2.71. The van der Waals surface area contributed by atoms with Crippen molar-refractivity contribution < 1.29 is 9.90 Å². The van der Waals surface area contributed by atoms with E-state index >= 15 is 0 Å². The number of amides is 1. The first-order valence-corrected chi connectivity index (χ1v) is 10.4. The summed E-state index contributed by atoms with van der Waals surface area (Å²) in [5.41, 5.74) is 5.66. The second kappa shape index (κ2) is 8.88. The number of hydrogen-bond donors (Lipinski definition) is 2. The molecule has 0 aliphatic carbocycles. The minimum Gasteiger partial charge on any atom is -0.506 e. The molecule has 0 saturated heterocycles. The topological polar surface area (TPSA) is 61.7 Å². The maximum Gasteiger partial charge on any atom is 0.240 e. The zero-order valence-electron chi connectivity index (χ0n) is 15.6. The quantitative estimate of drug-likeness (QED) is 0.338. The normalized spacial score (nSPS) is 11.6. The van der Waals surface area contributed by atoms with Crippen molar-refractivity contribution in [1.29, 1.82) is 0 Å². The summed E-state index contributed by atoms with van der Waals surface area (Å²) in [6.45, 7) is 3.63. The molecule has 1 amide bonds. The van der Waals surface area contributed by atoms with Crippen LogP contribution < -0.4 is 5.43 Å². The molecule has 0 radical (unpaired) electrons. The number of phenols is 1. The lowest BCUT2D eigenvalue weighted by Gasteiger charge is -2.11. The van der Waals surface area contributed by atoms with Gasteiger partial charge in [0.2, 0.25) is 5.91 Å². The largest absolute Gasteiger partial charge is 0.506 e. The lowest BCUT2D eigenvalue weighted by molar-refractivity contribution is -0.121. The van der Waals surface area contributed by atoms with E-state index in [2.05, 4.69) is 66.7 Å². The average molecular weight is 504 g/mol. The van der Waals surface area contributed by atoms with Crippen LogP contribution in [0.1, 0.15) is 30.0 Å². The Balaban J connectivity index is 1.64. The van der Waals surface area contributed by atoms with E-state index in [1.165, 1.54) is 10.8 Å². The number of nitrogens with one attached hydrogen (secondary N) is 1. The van der Waals surface area contributed by atoms with E-state index in [9.17, 15) is 9.90 Å². The minimum atomic E-state index is -0.169. The molecule has 3 aromatic rings. The molecule has 144 valence electrons. The van der Waals surface area contributed by atoms with Crippen LogP contribution in [0.3, 0.4) is 0 Å². The van der Waals surface area contributed by atoms with Crippen molar-refractivity contribution in [3.05, 3.63) is 74.2 Å². The van der Waals surface area contributed by atoms with Gasteiger partial charge in [0.15, 0.2) is 0 Å². The molecule has 28 heavy (non-hydrogen) atoms. The Kier molecular flexibility index (Phi) is 6.52. The monoisotopic (exact) mass is 502 g/mol. The number of benzene rings is 3. The van der Waals surface area contributed by atoms with Gasteiger partial charge in [-0.1, -0.05) is 58.4 Å². The molecule has 0 spiro atoms. The highest BCUT2D eigenvalue weighted by molar-refractivity contribution is 9.11. The Morgan fingerprint density at radius 3 is 2.57 bits per heavy atom. The Morgan fingerprint density at radius 1 is 1.11 bits per heavy atom. The van der Waals surface area contributed by atoms with Gasteiger partial charge in [-0.3, -0.25) is 4.79 Å². The summed E-state index contributed by atoms with van der Waals surface area (Å²) in [6.07, 6.45) is 0.973. The van der Waals surface area contributed by atoms with E-state index in [4.69, 9.17) is 0 Å². The summed E-state index contributed by atoms with van der Waals surface area (Å²) >= 11 is 6.84. The summed E-state index contributed by atoms with van der Waals surface area (Å²) in [7, 11) is 0. The molecule has 0 atom stereocenters. The molecule has 0 aliphatic rings. The fourth-order valence-electron chi connectivity index (χ4n) is 2.89. The second-order valence-corrected chi connectivity index (χ2v) is 8.25. The zero-order valence-corrected chi connectivity index (χ0v) is 18.8. The van der Waals surface area contributed by atoms with Gasteiger partial charge in [0.1, 0.15) is 5.75 Å². The third-order valence-electron chi connectivity index (χ3n) is 4.61. The highest BCUT2D eigenvalue weighted by Crippen LogP contribution is 2.36. The molecule has 2 N–H and O–H groups in total. The van der Waals surface area contributed by atoms with Gasteiger partial charge in [0, 0.05) is 16.5 Å². The number of aryl methyl sites for hydroxylation is 1. The molecule has 0 heterocycles. The number of rotatable bonds is 5. The van der Waals surface area contributed by atoms with Crippen LogP contribution in [-0.2, 0) is 11.2 Å². The Hall–Kier alpha value is -2.18. The zero-order chi connectivity index (χ0) is 20.3. The molecule has 0 aliphatic heterocycles. The number of fused-ring (bicyclic) bond motifs is 1. The smallest absolute Gasteiger partial charge is 0.240 e. The Bertz CT molecular complexity index is 1080. The molecule has 3 aromatic carbocycles. The van der Waals surface area contributed by atoms with Gasteiger partial charge in [0.05, 0.1) is 10.2 Å². The summed E-state index contributed by atoms with van der Waals surface area (Å²) in [5.74, 6) is -0.0652. The van der Waals surface area contributed by atoms with Crippen molar-refractivity contribution in [3.8, 4) is 5.75 Å². The summed E-state index contributed by atoms with van der Waals surface area (Å²) in [4.78, 5) is 12.2. The summed E-state index contributed by atoms with van der Waals surface area (Å²) in [5, 5.41) is 16.8. The first-order valence-electron chi connectivity index (χ1n) is 8.85. The Morgan fingerprint density at radius 2 is 1.82 bits per heavy atom. The maximum absolute atomic E-state index is 12.2. The maximum atomic E-state index is 12.2. The van der Waals surface area contributed by atoms with Gasteiger partial charge >= 0.3 is 0 Å². The van der Waals surface area contributed by atoms with Crippen molar-refractivity contribution in [1.82, 2.24) is 5.43 Å². The van der Waals surface area contributed by atoms with Crippen LogP contribution in [0, 0.1) is 6.92 Å². The molecule has 0 unspecified atom stereocenters. The molecule has 0 fully saturated rings. The number of phenolic OH excluding ortho intramolecular Hbond substituents is 1. The highest BCUT2D eigenvalue weighted by Gasteiger charge is 2.14. The van der Waals surface area contributed by atoms with Gasteiger partial charge in [-0.05, 0) is 64.2 Å². The number of carbonyl (C=O) groups is 1. The van der Waals surface area contributed by atoms with Gasteiger partial charge in [0.25, 0.3) is 0 Å². The second-order valence-electron chi connectivity index (χ2n) is 6.61. The minimum absolute atomic E-state index is 0.104. The predicted molar refractivity (Wildman–Crippen MR) is 121 cm³/mol. The molecule has 4 nitrogen and oxygen atoms in total. The number of hydrogen-bond acceptors (Lipinski definition) is 3. The molecule has 0 bridgehead atoms. The van der Waals surface area contributed by atoms with Crippen molar-refractivity contribution in [2.75, 3.05) is 0 Å². The SMILES string of the molecule is C/C(=N\NC(=O)CCc1ccc2ccccc2c1)c1cc(Br)c(C)c(Br)c1O. The van der Waals surface area contributed by atoms with Gasteiger partial charge in [-0.25, -0.2) is 5.43 Å². The molecule has 0 aromatic heterocycles. The van der Waals surface area contributed by atoms with Crippen molar-refractivity contribution in [3.63, 3.8) is 0 Å². The lowest BCUT2D eigenvalue weighted by Crippen LogP contribution is -2.19. The third kappa shape index (κ3) is 4.62. The molecule has 6 heteroatoms. The number of nitrogens with zero attached hydrogens (tertiary/aromatic N) is 1. The number of carbonyl (C=O) groups excluding carboxylic acids is 1. The van der Waals surface area contributed by atoms with Crippen LogP contribution in [0.25, 0.3) is 10.8 Å². The predicted octanol–water partition coefficient (Wildman–Crippen LogP) is 5.85.